The Bertz CT molecular complexity index is 578. The molecule has 0 unspecified atom stereocenters. The second kappa shape index (κ2) is 4.60. The summed E-state index contributed by atoms with van der Waals surface area (Å²) in [6, 6.07) is 12.4. The first kappa shape index (κ1) is 11.7. The fourth-order valence-electron chi connectivity index (χ4n) is 1.71. The molecule has 17 heavy (non-hydrogen) atoms. The fraction of sp³-hybridized carbons (Fsp3) is 0.0714. The molecule has 86 valence electrons. The summed E-state index contributed by atoms with van der Waals surface area (Å²) in [5, 5.41) is 0.531. The van der Waals surface area contributed by atoms with E-state index in [0.29, 0.717) is 21.8 Å². The minimum atomic E-state index is -0.0720. The van der Waals surface area contributed by atoms with Crippen molar-refractivity contribution in [2.45, 2.75) is 6.92 Å². The monoisotopic (exact) mass is 245 g/mol. The van der Waals surface area contributed by atoms with E-state index in [9.17, 15) is 4.79 Å². The number of rotatable bonds is 2. The molecule has 0 heterocycles. The molecule has 2 nitrogen and oxygen atoms in total. The van der Waals surface area contributed by atoms with Gasteiger partial charge in [0.15, 0.2) is 5.78 Å². The molecule has 2 N–H and O–H groups in total. The molecule has 2 rings (SSSR count). The first-order chi connectivity index (χ1) is 8.09. The van der Waals surface area contributed by atoms with E-state index in [2.05, 4.69) is 0 Å². The molecule has 0 aliphatic heterocycles. The minimum Gasteiger partial charge on any atom is -0.398 e. The van der Waals surface area contributed by atoms with Crippen LogP contribution < -0.4 is 5.73 Å². The Morgan fingerprint density at radius 2 is 1.82 bits per heavy atom. The molecule has 0 bridgehead atoms. The number of hydrogen-bond acceptors (Lipinski definition) is 2. The van der Waals surface area contributed by atoms with Crippen molar-refractivity contribution >= 4 is 23.1 Å². The lowest BCUT2D eigenvalue weighted by Crippen LogP contribution is -2.06. The quantitative estimate of drug-likeness (QED) is 0.650. The van der Waals surface area contributed by atoms with Gasteiger partial charge in [0.05, 0.1) is 0 Å². The zero-order valence-electron chi connectivity index (χ0n) is 9.41. The van der Waals surface area contributed by atoms with Crippen molar-refractivity contribution in [3.8, 4) is 0 Å². The van der Waals surface area contributed by atoms with Crippen LogP contribution in [0.15, 0.2) is 42.5 Å². The predicted molar refractivity (Wildman–Crippen MR) is 70.5 cm³/mol. The summed E-state index contributed by atoms with van der Waals surface area (Å²) in [5.41, 5.74) is 8.31. The molecule has 0 atom stereocenters. The van der Waals surface area contributed by atoms with Crippen LogP contribution in [0.3, 0.4) is 0 Å². The maximum atomic E-state index is 12.3. The number of hydrogen-bond donors (Lipinski definition) is 1. The van der Waals surface area contributed by atoms with Gasteiger partial charge in [0.2, 0.25) is 0 Å². The van der Waals surface area contributed by atoms with E-state index in [1.165, 1.54) is 0 Å². The van der Waals surface area contributed by atoms with Crippen LogP contribution in [0.5, 0.6) is 0 Å². The Morgan fingerprint density at radius 3 is 2.47 bits per heavy atom. The van der Waals surface area contributed by atoms with Crippen LogP contribution in [0.25, 0.3) is 0 Å². The summed E-state index contributed by atoms with van der Waals surface area (Å²) in [5.74, 6) is -0.0720. The SMILES string of the molecule is Cc1ccccc1C(=O)c1ccc(Cl)cc1N. The molecule has 0 amide bonds. The van der Waals surface area contributed by atoms with Crippen molar-refractivity contribution in [3.63, 3.8) is 0 Å². The van der Waals surface area contributed by atoms with E-state index in [4.69, 9.17) is 17.3 Å². The average molecular weight is 246 g/mol. The largest absolute Gasteiger partial charge is 0.398 e. The number of ketones is 1. The van der Waals surface area contributed by atoms with Gasteiger partial charge in [0, 0.05) is 21.8 Å². The van der Waals surface area contributed by atoms with Crippen molar-refractivity contribution in [2.24, 2.45) is 0 Å². The van der Waals surface area contributed by atoms with Crippen molar-refractivity contribution in [2.75, 3.05) is 5.73 Å². The van der Waals surface area contributed by atoms with Gasteiger partial charge in [-0.2, -0.15) is 0 Å². The highest BCUT2D eigenvalue weighted by Gasteiger charge is 2.13. The van der Waals surface area contributed by atoms with Crippen molar-refractivity contribution < 1.29 is 4.79 Å². The summed E-state index contributed by atoms with van der Waals surface area (Å²) < 4.78 is 0. The molecule has 0 saturated carbocycles. The maximum absolute atomic E-state index is 12.3. The van der Waals surface area contributed by atoms with Gasteiger partial charge >= 0.3 is 0 Å². The van der Waals surface area contributed by atoms with E-state index in [-0.39, 0.29) is 5.78 Å². The Labute approximate surface area is 105 Å². The molecule has 0 saturated heterocycles. The number of nitrogens with two attached hydrogens (primary N) is 1. The van der Waals surface area contributed by atoms with Crippen LogP contribution in [-0.4, -0.2) is 5.78 Å². The van der Waals surface area contributed by atoms with E-state index >= 15 is 0 Å². The van der Waals surface area contributed by atoms with E-state index in [0.717, 1.165) is 5.56 Å². The number of anilines is 1. The second-order valence-corrected chi connectivity index (χ2v) is 4.31. The highest BCUT2D eigenvalue weighted by molar-refractivity contribution is 6.31. The molecular formula is C14H12ClNO. The summed E-state index contributed by atoms with van der Waals surface area (Å²) in [7, 11) is 0. The standard InChI is InChI=1S/C14H12ClNO/c1-9-4-2-3-5-11(9)14(17)12-7-6-10(15)8-13(12)16/h2-8H,16H2,1H3. The number of aryl methyl sites for hydroxylation is 1. The van der Waals surface area contributed by atoms with E-state index in [1.54, 1.807) is 24.3 Å². The highest BCUT2D eigenvalue weighted by Crippen LogP contribution is 2.22. The maximum Gasteiger partial charge on any atom is 0.195 e. The smallest absolute Gasteiger partial charge is 0.195 e. The van der Waals surface area contributed by atoms with Crippen molar-refractivity contribution in [3.05, 3.63) is 64.2 Å². The Hall–Kier alpha value is -1.80. The van der Waals surface area contributed by atoms with Gasteiger partial charge < -0.3 is 5.73 Å². The summed E-state index contributed by atoms with van der Waals surface area (Å²) >= 11 is 5.81. The molecule has 0 aliphatic rings. The van der Waals surface area contributed by atoms with Gasteiger partial charge in [0.25, 0.3) is 0 Å². The van der Waals surface area contributed by atoms with Crippen LogP contribution in [0.2, 0.25) is 5.02 Å². The molecule has 0 spiro atoms. The zero-order valence-corrected chi connectivity index (χ0v) is 10.2. The van der Waals surface area contributed by atoms with Crippen LogP contribution in [0.1, 0.15) is 21.5 Å². The fourth-order valence-corrected chi connectivity index (χ4v) is 1.89. The minimum absolute atomic E-state index is 0.0720. The molecule has 0 radical (unpaired) electrons. The number of benzene rings is 2. The molecule has 0 aliphatic carbocycles. The number of carbonyl (C=O) groups excluding carboxylic acids is 1. The molecule has 2 aromatic rings. The Kier molecular flexibility index (Phi) is 3.16. The third-order valence-corrected chi connectivity index (χ3v) is 2.88. The summed E-state index contributed by atoms with van der Waals surface area (Å²) in [6.07, 6.45) is 0. The molecule has 0 fully saturated rings. The number of carbonyl (C=O) groups is 1. The third-order valence-electron chi connectivity index (χ3n) is 2.65. The lowest BCUT2D eigenvalue weighted by Gasteiger charge is -2.07. The second-order valence-electron chi connectivity index (χ2n) is 3.88. The van der Waals surface area contributed by atoms with E-state index in [1.807, 2.05) is 25.1 Å². The third kappa shape index (κ3) is 2.32. The van der Waals surface area contributed by atoms with Crippen molar-refractivity contribution in [1.29, 1.82) is 0 Å². The van der Waals surface area contributed by atoms with Gasteiger partial charge in [0.1, 0.15) is 0 Å². The van der Waals surface area contributed by atoms with E-state index < -0.39 is 0 Å². The van der Waals surface area contributed by atoms with Crippen LogP contribution in [0.4, 0.5) is 5.69 Å². The average Bonchev–Trinajstić information content (AvgIpc) is 2.29. The first-order valence-corrected chi connectivity index (χ1v) is 5.63. The lowest BCUT2D eigenvalue weighted by molar-refractivity contribution is 0.103. The molecule has 3 heteroatoms. The van der Waals surface area contributed by atoms with Gasteiger partial charge in [-0.1, -0.05) is 35.9 Å². The zero-order chi connectivity index (χ0) is 12.4. The predicted octanol–water partition coefficient (Wildman–Crippen LogP) is 3.46. The van der Waals surface area contributed by atoms with Crippen LogP contribution in [-0.2, 0) is 0 Å². The van der Waals surface area contributed by atoms with Crippen molar-refractivity contribution in [1.82, 2.24) is 0 Å². The Morgan fingerprint density at radius 1 is 1.12 bits per heavy atom. The topological polar surface area (TPSA) is 43.1 Å². The molecule has 2 aromatic carbocycles. The van der Waals surface area contributed by atoms with Gasteiger partial charge in [-0.3, -0.25) is 4.79 Å². The number of nitrogen functional groups attached to an aromatic ring is 1. The van der Waals surface area contributed by atoms with Gasteiger partial charge in [-0.05, 0) is 30.7 Å². The first-order valence-electron chi connectivity index (χ1n) is 5.25. The molecular weight excluding hydrogens is 234 g/mol. The summed E-state index contributed by atoms with van der Waals surface area (Å²) in [6.45, 7) is 1.90. The van der Waals surface area contributed by atoms with Crippen LogP contribution >= 0.6 is 11.6 Å². The van der Waals surface area contributed by atoms with Crippen LogP contribution in [0, 0.1) is 6.92 Å². The summed E-state index contributed by atoms with van der Waals surface area (Å²) in [4.78, 5) is 12.3. The molecule has 0 aromatic heterocycles. The van der Waals surface area contributed by atoms with Gasteiger partial charge in [-0.15, -0.1) is 0 Å². The number of halogens is 1. The lowest BCUT2D eigenvalue weighted by atomic mass is 9.98. The Balaban J connectivity index is 2.48. The van der Waals surface area contributed by atoms with Gasteiger partial charge in [-0.25, -0.2) is 0 Å². The highest BCUT2D eigenvalue weighted by atomic mass is 35.5. The normalized spacial score (nSPS) is 10.2.